The minimum absolute atomic E-state index is 0.103. The van der Waals surface area contributed by atoms with Crippen LogP contribution in [-0.2, 0) is 25.7 Å². The molecule has 2 rings (SSSR count). The molecule has 0 radical (unpaired) electrons. The molecular weight excluding hydrogens is 463 g/mol. The number of halogens is 3. The molecule has 0 saturated carbocycles. The average Bonchev–Trinajstić information content (AvgIpc) is 2.68. The number of carbonyl (C=O) groups excluding carboxylic acids is 1. The van der Waals surface area contributed by atoms with Crippen molar-refractivity contribution < 1.29 is 41.0 Å². The lowest BCUT2D eigenvalue weighted by molar-refractivity contribution is -0.139. The van der Waals surface area contributed by atoms with Gasteiger partial charge in [-0.15, -0.1) is 4.68 Å². The van der Waals surface area contributed by atoms with Crippen molar-refractivity contribution in [1.29, 1.82) is 0 Å². The Kier molecular flexibility index (Phi) is 7.36. The number of alkyl halides is 3. The van der Waals surface area contributed by atoms with Crippen molar-refractivity contribution in [2.75, 3.05) is 31.0 Å². The molecule has 32 heavy (non-hydrogen) atoms. The molecule has 2 aromatic rings. The van der Waals surface area contributed by atoms with Gasteiger partial charge in [-0.1, -0.05) is 11.3 Å². The number of sulfonamides is 1. The summed E-state index contributed by atoms with van der Waals surface area (Å²) in [6.45, 7) is 0.230. The number of H-pyrrole nitrogens is 1. The van der Waals surface area contributed by atoms with Gasteiger partial charge in [0, 0.05) is 7.11 Å². The van der Waals surface area contributed by atoms with E-state index in [4.69, 9.17) is 9.84 Å². The number of aromatic nitrogens is 2. The maximum atomic E-state index is 13.6. The first-order valence-electron chi connectivity index (χ1n) is 8.99. The first-order chi connectivity index (χ1) is 14.8. The van der Waals surface area contributed by atoms with Gasteiger partial charge < -0.3 is 19.6 Å². The van der Waals surface area contributed by atoms with E-state index in [0.717, 1.165) is 6.07 Å². The predicted octanol–water partition coefficient (Wildman–Crippen LogP) is 0.833. The van der Waals surface area contributed by atoms with E-state index in [1.54, 1.807) is 6.92 Å². The third kappa shape index (κ3) is 4.94. The number of benzene rings is 1. The molecule has 178 valence electrons. The Hall–Kier alpha value is -2.91. The fraction of sp³-hybridized carbons (Fsp3) is 0.471. The zero-order valence-corrected chi connectivity index (χ0v) is 17.9. The summed E-state index contributed by atoms with van der Waals surface area (Å²) in [5, 5.41) is 8.25. The van der Waals surface area contributed by atoms with E-state index in [9.17, 15) is 36.0 Å². The van der Waals surface area contributed by atoms with Gasteiger partial charge in [-0.05, 0) is 24.1 Å². The topological polar surface area (TPSA) is 148 Å². The van der Waals surface area contributed by atoms with E-state index < -0.39 is 74.9 Å². The summed E-state index contributed by atoms with van der Waals surface area (Å²) < 4.78 is 74.2. The van der Waals surface area contributed by atoms with Crippen molar-refractivity contribution in [2.24, 2.45) is 0 Å². The van der Waals surface area contributed by atoms with Crippen LogP contribution in [0.25, 0.3) is 10.9 Å². The van der Waals surface area contributed by atoms with Crippen LogP contribution in [0.15, 0.2) is 21.7 Å². The lowest BCUT2D eigenvalue weighted by Gasteiger charge is -2.22. The largest absolute Gasteiger partial charge is 0.445 e. The Morgan fingerprint density at radius 3 is 2.41 bits per heavy atom. The molecule has 1 heterocycles. The molecule has 0 aliphatic heterocycles. The third-order valence-corrected chi connectivity index (χ3v) is 5.26. The molecule has 1 amide bonds. The van der Waals surface area contributed by atoms with Crippen LogP contribution in [0, 0.1) is 0 Å². The Balaban J connectivity index is 2.93. The first-order valence-corrected chi connectivity index (χ1v) is 10.8. The second-order valence-electron chi connectivity index (χ2n) is 6.51. The number of fused-ring (bicyclic) bond motifs is 1. The molecule has 1 aromatic heterocycles. The summed E-state index contributed by atoms with van der Waals surface area (Å²) in [6.07, 6.45) is -7.00. The molecule has 0 bridgehead atoms. The molecule has 1 unspecified atom stereocenters. The highest BCUT2D eigenvalue weighted by atomic mass is 32.2. The van der Waals surface area contributed by atoms with E-state index in [1.165, 1.54) is 7.11 Å². The van der Waals surface area contributed by atoms with E-state index >= 15 is 0 Å². The Labute approximate surface area is 179 Å². The number of methoxy groups -OCH3 is 1. The van der Waals surface area contributed by atoms with Crippen molar-refractivity contribution in [2.45, 2.75) is 25.6 Å². The summed E-state index contributed by atoms with van der Waals surface area (Å²) in [5.41, 5.74) is -5.01. The van der Waals surface area contributed by atoms with Crippen molar-refractivity contribution in [3.8, 4) is 0 Å². The van der Waals surface area contributed by atoms with Crippen LogP contribution >= 0.6 is 0 Å². The summed E-state index contributed by atoms with van der Waals surface area (Å²) in [6, 6.07) is 1.36. The molecule has 0 spiro atoms. The Morgan fingerprint density at radius 1 is 1.31 bits per heavy atom. The van der Waals surface area contributed by atoms with Crippen LogP contribution in [0.1, 0.15) is 30.6 Å². The van der Waals surface area contributed by atoms with Crippen LogP contribution in [0.2, 0.25) is 0 Å². The number of nitrogens with one attached hydrogen (secondary N) is 1. The second-order valence-corrected chi connectivity index (χ2v) is 8.32. The number of aliphatic hydroxyl groups excluding tert-OH is 1. The molecule has 15 heteroatoms. The van der Waals surface area contributed by atoms with Crippen LogP contribution in [-0.4, -0.2) is 55.9 Å². The molecule has 0 fully saturated rings. The van der Waals surface area contributed by atoms with Crippen LogP contribution < -0.4 is 15.7 Å². The molecule has 1 aromatic carbocycles. The minimum Gasteiger partial charge on any atom is -0.445 e. The zero-order chi connectivity index (χ0) is 24.4. The number of hydrogen-bond donors (Lipinski definition) is 2. The lowest BCUT2D eigenvalue weighted by Crippen LogP contribution is -2.56. The van der Waals surface area contributed by atoms with E-state index in [-0.39, 0.29) is 15.5 Å². The summed E-state index contributed by atoms with van der Waals surface area (Å²) in [5.74, 6) is 0. The summed E-state index contributed by atoms with van der Waals surface area (Å²) in [4.78, 5) is 39.6. The van der Waals surface area contributed by atoms with Gasteiger partial charge in [-0.3, -0.25) is 4.79 Å². The quantitative estimate of drug-likeness (QED) is 0.589. The van der Waals surface area contributed by atoms with Crippen molar-refractivity contribution in [3.05, 3.63) is 44.1 Å². The fourth-order valence-electron chi connectivity index (χ4n) is 3.02. The number of ether oxygens (including phenoxy) is 2. The number of aliphatic hydroxyl groups is 1. The highest BCUT2D eigenvalue weighted by Crippen LogP contribution is 2.38. The Morgan fingerprint density at radius 2 is 1.94 bits per heavy atom. The molecule has 2 N–H and O–H groups in total. The van der Waals surface area contributed by atoms with Crippen molar-refractivity contribution in [3.63, 3.8) is 0 Å². The smallest absolute Gasteiger partial charge is 0.444 e. The van der Waals surface area contributed by atoms with Crippen LogP contribution in [0.4, 0.5) is 18.0 Å². The standard InChI is InChI=1S/C17H20F3N3O8S/c1-4-13(30-2)9-7-10-12(8-11(9)17(18,19)20)21-15(26)22(14(10)25)23(32(3,28)29)16(27)31-6-5-24/h7-8,13,24H,4-6H2,1-3H3,(H,21,26). The summed E-state index contributed by atoms with van der Waals surface area (Å²) >= 11 is 0. The highest BCUT2D eigenvalue weighted by Gasteiger charge is 2.37. The Bertz CT molecular complexity index is 1230. The molecular formula is C17H20F3N3O8S. The number of nitrogens with zero attached hydrogens (tertiary/aromatic N) is 2. The number of aromatic amines is 1. The minimum atomic E-state index is -4.85. The number of hydrogen-bond acceptors (Lipinski definition) is 8. The van der Waals surface area contributed by atoms with Gasteiger partial charge in [0.05, 0.1) is 35.4 Å². The van der Waals surface area contributed by atoms with Gasteiger partial charge in [-0.2, -0.15) is 13.2 Å². The molecule has 1 atom stereocenters. The van der Waals surface area contributed by atoms with Gasteiger partial charge in [0.2, 0.25) is 0 Å². The fourth-order valence-corrected chi connectivity index (χ4v) is 3.78. The monoisotopic (exact) mass is 483 g/mol. The highest BCUT2D eigenvalue weighted by molar-refractivity contribution is 7.92. The maximum Gasteiger partial charge on any atom is 0.444 e. The molecule has 0 aliphatic carbocycles. The van der Waals surface area contributed by atoms with Gasteiger partial charge >= 0.3 is 18.0 Å². The number of carbonyl (C=O) groups is 1. The van der Waals surface area contributed by atoms with Gasteiger partial charge in [-0.25, -0.2) is 18.0 Å². The number of rotatable bonds is 7. The van der Waals surface area contributed by atoms with Crippen LogP contribution in [0.3, 0.4) is 0 Å². The van der Waals surface area contributed by atoms with Gasteiger partial charge in [0.25, 0.3) is 15.6 Å². The normalized spacial score (nSPS) is 13.2. The molecule has 11 nitrogen and oxygen atoms in total. The van der Waals surface area contributed by atoms with Gasteiger partial charge in [0.1, 0.15) is 6.61 Å². The van der Waals surface area contributed by atoms with Crippen molar-refractivity contribution in [1.82, 2.24) is 9.66 Å². The van der Waals surface area contributed by atoms with Crippen LogP contribution in [0.5, 0.6) is 0 Å². The second kappa shape index (κ2) is 9.30. The third-order valence-electron chi connectivity index (χ3n) is 4.32. The SMILES string of the molecule is CCC(OC)c1cc2c(=O)n(N(C(=O)OCCO)S(C)(=O)=O)c(=O)[nH]c2cc1C(F)(F)F. The molecule has 0 saturated heterocycles. The van der Waals surface area contributed by atoms with Gasteiger partial charge in [0.15, 0.2) is 0 Å². The average molecular weight is 483 g/mol. The maximum absolute atomic E-state index is 13.6. The first kappa shape index (κ1) is 25.4. The predicted molar refractivity (Wildman–Crippen MR) is 105 cm³/mol. The van der Waals surface area contributed by atoms with E-state index in [2.05, 4.69) is 4.74 Å². The number of amides is 1. The zero-order valence-electron chi connectivity index (χ0n) is 17.1. The summed E-state index contributed by atoms with van der Waals surface area (Å²) in [7, 11) is -3.44. The molecule has 0 aliphatic rings. The lowest BCUT2D eigenvalue weighted by atomic mass is 9.97. The van der Waals surface area contributed by atoms with E-state index in [0.29, 0.717) is 12.3 Å². The van der Waals surface area contributed by atoms with Crippen molar-refractivity contribution >= 4 is 27.0 Å². The van der Waals surface area contributed by atoms with E-state index in [1.807, 2.05) is 4.98 Å².